The van der Waals surface area contributed by atoms with Crippen LogP contribution in [0.1, 0.15) is 36.5 Å². The van der Waals surface area contributed by atoms with Crippen LogP contribution in [0.2, 0.25) is 5.02 Å². The highest BCUT2D eigenvalue weighted by Crippen LogP contribution is 2.19. The number of anilines is 1. The van der Waals surface area contributed by atoms with E-state index in [9.17, 15) is 27.6 Å². The van der Waals surface area contributed by atoms with E-state index in [1.165, 1.54) is 4.90 Å². The molecule has 0 unspecified atom stereocenters. The second-order valence-electron chi connectivity index (χ2n) is 6.95. The zero-order valence-electron chi connectivity index (χ0n) is 17.4. The Labute approximate surface area is 188 Å². The lowest BCUT2D eigenvalue weighted by Crippen LogP contribution is -2.39. The number of carbonyl (C=O) groups excluding carboxylic acids is 3. The molecule has 0 heterocycles. The molecule has 0 aliphatic rings. The van der Waals surface area contributed by atoms with Crippen molar-refractivity contribution < 1.29 is 27.6 Å². The van der Waals surface area contributed by atoms with Gasteiger partial charge in [-0.05, 0) is 49.2 Å². The van der Waals surface area contributed by atoms with Gasteiger partial charge in [-0.3, -0.25) is 14.4 Å². The van der Waals surface area contributed by atoms with E-state index in [-0.39, 0.29) is 37.9 Å². The van der Waals surface area contributed by atoms with Crippen LogP contribution in [0.15, 0.2) is 36.4 Å². The van der Waals surface area contributed by atoms with Gasteiger partial charge in [0.15, 0.2) is 17.5 Å². The van der Waals surface area contributed by atoms with Crippen LogP contribution >= 0.6 is 11.6 Å². The van der Waals surface area contributed by atoms with Gasteiger partial charge in [0.25, 0.3) is 5.91 Å². The number of carbonyl (C=O) groups is 3. The third-order valence-corrected chi connectivity index (χ3v) is 4.70. The van der Waals surface area contributed by atoms with Gasteiger partial charge >= 0.3 is 0 Å². The highest BCUT2D eigenvalue weighted by Gasteiger charge is 2.19. The van der Waals surface area contributed by atoms with Crippen LogP contribution in [0.5, 0.6) is 0 Å². The SMILES string of the molecule is CCCN(CC(=O)Nc1ccc(F)c(F)c1F)C(=O)CCCNC(=O)c1ccc(Cl)cc1. The Bertz CT molecular complexity index is 971. The van der Waals surface area contributed by atoms with Crippen molar-refractivity contribution in [2.45, 2.75) is 26.2 Å². The fraction of sp³-hybridized carbons (Fsp3) is 0.318. The summed E-state index contributed by atoms with van der Waals surface area (Å²) in [5.74, 6) is -5.94. The Kier molecular flexibility index (Phi) is 9.52. The van der Waals surface area contributed by atoms with Crippen molar-refractivity contribution in [1.29, 1.82) is 0 Å². The molecule has 0 aliphatic carbocycles. The molecule has 0 bridgehead atoms. The summed E-state index contributed by atoms with van der Waals surface area (Å²) in [7, 11) is 0. The third-order valence-electron chi connectivity index (χ3n) is 4.45. The minimum absolute atomic E-state index is 0.0771. The smallest absolute Gasteiger partial charge is 0.251 e. The molecule has 0 aromatic heterocycles. The number of nitrogens with zero attached hydrogens (tertiary/aromatic N) is 1. The number of benzene rings is 2. The maximum atomic E-state index is 13.7. The van der Waals surface area contributed by atoms with Crippen molar-refractivity contribution in [3.63, 3.8) is 0 Å². The van der Waals surface area contributed by atoms with Crippen molar-refractivity contribution in [2.75, 3.05) is 25.0 Å². The van der Waals surface area contributed by atoms with Crippen LogP contribution < -0.4 is 10.6 Å². The van der Waals surface area contributed by atoms with Crippen molar-refractivity contribution >= 4 is 35.0 Å². The number of rotatable bonds is 10. The largest absolute Gasteiger partial charge is 0.352 e. The van der Waals surface area contributed by atoms with E-state index >= 15 is 0 Å². The molecule has 172 valence electrons. The summed E-state index contributed by atoms with van der Waals surface area (Å²) >= 11 is 5.78. The molecule has 0 fully saturated rings. The van der Waals surface area contributed by atoms with Crippen LogP contribution in [0.25, 0.3) is 0 Å². The van der Waals surface area contributed by atoms with Crippen LogP contribution in [-0.2, 0) is 9.59 Å². The van der Waals surface area contributed by atoms with Crippen molar-refractivity contribution in [3.8, 4) is 0 Å². The monoisotopic (exact) mass is 469 g/mol. The highest BCUT2D eigenvalue weighted by molar-refractivity contribution is 6.30. The molecule has 0 aliphatic heterocycles. The Morgan fingerprint density at radius 1 is 1.00 bits per heavy atom. The number of hydrogen-bond donors (Lipinski definition) is 2. The second-order valence-corrected chi connectivity index (χ2v) is 7.39. The van der Waals surface area contributed by atoms with Gasteiger partial charge in [-0.2, -0.15) is 0 Å². The molecule has 2 N–H and O–H groups in total. The van der Waals surface area contributed by atoms with E-state index in [2.05, 4.69) is 10.6 Å². The first-order valence-corrected chi connectivity index (χ1v) is 10.4. The topological polar surface area (TPSA) is 78.5 Å². The average Bonchev–Trinajstić information content (AvgIpc) is 2.77. The summed E-state index contributed by atoms with van der Waals surface area (Å²) in [6.07, 6.45) is 0.997. The lowest BCUT2D eigenvalue weighted by atomic mass is 10.2. The van der Waals surface area contributed by atoms with Crippen molar-refractivity contribution in [3.05, 3.63) is 64.4 Å². The van der Waals surface area contributed by atoms with E-state index in [1.807, 2.05) is 6.92 Å². The highest BCUT2D eigenvalue weighted by atomic mass is 35.5. The summed E-state index contributed by atoms with van der Waals surface area (Å²) in [5, 5.41) is 5.35. The predicted molar refractivity (Wildman–Crippen MR) is 115 cm³/mol. The predicted octanol–water partition coefficient (Wildman–Crippen LogP) is 4.14. The Hall–Kier alpha value is -3.07. The van der Waals surface area contributed by atoms with Crippen LogP contribution in [-0.4, -0.2) is 42.3 Å². The Morgan fingerprint density at radius 3 is 2.34 bits per heavy atom. The molecule has 2 rings (SSSR count). The maximum Gasteiger partial charge on any atom is 0.251 e. The van der Waals surface area contributed by atoms with Gasteiger partial charge in [0.1, 0.15) is 0 Å². The van der Waals surface area contributed by atoms with Crippen molar-refractivity contribution in [1.82, 2.24) is 10.2 Å². The van der Waals surface area contributed by atoms with Gasteiger partial charge in [-0.1, -0.05) is 18.5 Å². The molecule has 2 aromatic rings. The molecule has 0 saturated carbocycles. The fourth-order valence-electron chi connectivity index (χ4n) is 2.85. The van der Waals surface area contributed by atoms with Crippen LogP contribution in [0.4, 0.5) is 18.9 Å². The normalized spacial score (nSPS) is 10.5. The minimum Gasteiger partial charge on any atom is -0.352 e. The van der Waals surface area contributed by atoms with Crippen LogP contribution in [0.3, 0.4) is 0 Å². The fourth-order valence-corrected chi connectivity index (χ4v) is 2.98. The standard InChI is InChI=1S/C22H23ClF3N3O3/c1-2-12-29(13-18(30)28-17-10-9-16(24)20(25)21(17)26)19(31)4-3-11-27-22(32)14-5-7-15(23)8-6-14/h5-10H,2-4,11-13H2,1H3,(H,27,32)(H,28,30). The summed E-state index contributed by atoms with van der Waals surface area (Å²) in [4.78, 5) is 38.0. The van der Waals surface area contributed by atoms with E-state index in [4.69, 9.17) is 11.6 Å². The summed E-state index contributed by atoms with van der Waals surface area (Å²) < 4.78 is 40.0. The molecule has 3 amide bonds. The first-order chi connectivity index (χ1) is 15.2. The molecule has 0 radical (unpaired) electrons. The number of hydrogen-bond acceptors (Lipinski definition) is 3. The molecule has 0 atom stereocenters. The van der Waals surface area contributed by atoms with E-state index in [0.29, 0.717) is 29.5 Å². The first kappa shape index (κ1) is 25.2. The molecule has 2 aromatic carbocycles. The van der Waals surface area contributed by atoms with Gasteiger partial charge in [-0.15, -0.1) is 0 Å². The average molecular weight is 470 g/mol. The molecule has 6 nitrogen and oxygen atoms in total. The van der Waals surface area contributed by atoms with Gasteiger partial charge < -0.3 is 15.5 Å². The van der Waals surface area contributed by atoms with Gasteiger partial charge in [0.05, 0.1) is 12.2 Å². The molecular formula is C22H23ClF3N3O3. The van der Waals surface area contributed by atoms with Crippen molar-refractivity contribution in [2.24, 2.45) is 0 Å². The molecule has 32 heavy (non-hydrogen) atoms. The number of amides is 3. The lowest BCUT2D eigenvalue weighted by Gasteiger charge is -2.22. The zero-order valence-corrected chi connectivity index (χ0v) is 18.1. The number of nitrogens with one attached hydrogen (secondary N) is 2. The van der Waals surface area contributed by atoms with E-state index in [1.54, 1.807) is 24.3 Å². The van der Waals surface area contributed by atoms with E-state index < -0.39 is 29.0 Å². The molecule has 10 heteroatoms. The van der Waals surface area contributed by atoms with Gasteiger partial charge in [-0.25, -0.2) is 13.2 Å². The summed E-state index contributed by atoms with van der Waals surface area (Å²) in [6, 6.07) is 7.96. The number of halogens is 4. The third kappa shape index (κ3) is 7.26. The van der Waals surface area contributed by atoms with Gasteiger partial charge in [0.2, 0.25) is 11.8 Å². The molecule has 0 spiro atoms. The van der Waals surface area contributed by atoms with Crippen LogP contribution in [0, 0.1) is 17.5 Å². The second kappa shape index (κ2) is 12.1. The van der Waals surface area contributed by atoms with Gasteiger partial charge in [0, 0.05) is 30.1 Å². The zero-order chi connectivity index (χ0) is 23.7. The minimum atomic E-state index is -1.69. The Morgan fingerprint density at radius 2 is 1.69 bits per heavy atom. The first-order valence-electron chi connectivity index (χ1n) is 9.97. The Balaban J connectivity index is 1.83. The summed E-state index contributed by atoms with van der Waals surface area (Å²) in [5.41, 5.74) is -0.0721. The lowest BCUT2D eigenvalue weighted by molar-refractivity contribution is -0.134. The maximum absolute atomic E-state index is 13.7. The van der Waals surface area contributed by atoms with E-state index in [0.717, 1.165) is 6.07 Å². The molecule has 0 saturated heterocycles. The quantitative estimate of drug-likeness (QED) is 0.405. The molecular weight excluding hydrogens is 447 g/mol. The summed E-state index contributed by atoms with van der Waals surface area (Å²) in [6.45, 7) is 1.98.